The van der Waals surface area contributed by atoms with Gasteiger partial charge in [0.1, 0.15) is 11.8 Å². The van der Waals surface area contributed by atoms with Crippen molar-refractivity contribution in [2.24, 2.45) is 0 Å². The average molecular weight is 239 g/mol. The van der Waals surface area contributed by atoms with Gasteiger partial charge in [0.15, 0.2) is 5.75 Å². The summed E-state index contributed by atoms with van der Waals surface area (Å²) in [5.74, 6) is 0.952. The topological polar surface area (TPSA) is 71.9 Å². The minimum atomic E-state index is 0.413. The highest BCUT2D eigenvalue weighted by Gasteiger charge is 2.07. The van der Waals surface area contributed by atoms with E-state index >= 15 is 0 Å². The Kier molecular flexibility index (Phi) is 3.44. The van der Waals surface area contributed by atoms with Crippen molar-refractivity contribution < 1.29 is 4.74 Å². The second-order valence-corrected chi connectivity index (χ2v) is 3.81. The van der Waals surface area contributed by atoms with Crippen LogP contribution in [-0.2, 0) is 6.42 Å². The number of anilines is 1. The van der Waals surface area contributed by atoms with E-state index in [2.05, 4.69) is 18.0 Å². The zero-order valence-corrected chi connectivity index (χ0v) is 10.1. The van der Waals surface area contributed by atoms with Crippen LogP contribution in [0.4, 0.5) is 5.69 Å². The Morgan fingerprint density at radius 1 is 1.33 bits per heavy atom. The maximum Gasteiger partial charge on any atom is 0.163 e. The van der Waals surface area contributed by atoms with E-state index in [4.69, 9.17) is 15.7 Å². The second-order valence-electron chi connectivity index (χ2n) is 3.81. The van der Waals surface area contributed by atoms with E-state index in [1.165, 1.54) is 6.20 Å². The summed E-state index contributed by atoms with van der Waals surface area (Å²) in [5, 5.41) is 8.96. The summed E-state index contributed by atoms with van der Waals surface area (Å²) in [6.45, 7) is 2.06. The Balaban J connectivity index is 2.32. The molecular formula is C14H13N3O. The fourth-order valence-corrected chi connectivity index (χ4v) is 1.58. The third-order valence-electron chi connectivity index (χ3n) is 2.61. The van der Waals surface area contributed by atoms with Crippen LogP contribution in [0.25, 0.3) is 0 Å². The maximum absolute atomic E-state index is 8.96. The minimum Gasteiger partial charge on any atom is -0.452 e. The van der Waals surface area contributed by atoms with E-state index in [9.17, 15) is 0 Å². The predicted molar refractivity (Wildman–Crippen MR) is 69.3 cm³/mol. The number of nitrogens with two attached hydrogens (primary N) is 1. The Bertz CT molecular complexity index is 602. The molecule has 0 aliphatic carbocycles. The summed E-state index contributed by atoms with van der Waals surface area (Å²) in [5.41, 5.74) is 8.04. The fourth-order valence-electron chi connectivity index (χ4n) is 1.58. The third kappa shape index (κ3) is 2.41. The fraction of sp³-hybridized carbons (Fsp3) is 0.143. The molecule has 90 valence electrons. The molecule has 0 saturated heterocycles. The summed E-state index contributed by atoms with van der Waals surface area (Å²) < 4.78 is 5.62. The van der Waals surface area contributed by atoms with E-state index < -0.39 is 0 Å². The zero-order chi connectivity index (χ0) is 13.0. The van der Waals surface area contributed by atoms with Crippen LogP contribution in [-0.4, -0.2) is 4.98 Å². The van der Waals surface area contributed by atoms with E-state index in [0.717, 1.165) is 12.0 Å². The van der Waals surface area contributed by atoms with Crippen molar-refractivity contribution in [2.45, 2.75) is 13.3 Å². The number of nitriles is 1. The van der Waals surface area contributed by atoms with Crippen molar-refractivity contribution in [1.82, 2.24) is 4.98 Å². The number of nitrogen functional groups attached to an aromatic ring is 1. The molecule has 0 amide bonds. The van der Waals surface area contributed by atoms with Crippen molar-refractivity contribution in [1.29, 1.82) is 5.26 Å². The molecule has 1 heterocycles. The van der Waals surface area contributed by atoms with Crippen molar-refractivity contribution in [3.8, 4) is 17.6 Å². The molecule has 4 heteroatoms. The van der Waals surface area contributed by atoms with Gasteiger partial charge in [0.25, 0.3) is 0 Å². The van der Waals surface area contributed by atoms with Crippen molar-refractivity contribution in [3.63, 3.8) is 0 Å². The van der Waals surface area contributed by atoms with Crippen LogP contribution >= 0.6 is 0 Å². The van der Waals surface area contributed by atoms with Gasteiger partial charge in [-0.1, -0.05) is 13.0 Å². The number of aromatic nitrogens is 1. The number of pyridine rings is 1. The van der Waals surface area contributed by atoms with Gasteiger partial charge in [-0.2, -0.15) is 5.26 Å². The smallest absolute Gasteiger partial charge is 0.163 e. The summed E-state index contributed by atoms with van der Waals surface area (Å²) in [7, 11) is 0. The molecule has 18 heavy (non-hydrogen) atoms. The zero-order valence-electron chi connectivity index (χ0n) is 10.1. The lowest BCUT2D eigenvalue weighted by molar-refractivity contribution is 0.481. The number of nitrogens with zero attached hydrogens (tertiary/aromatic N) is 2. The highest BCUT2D eigenvalue weighted by molar-refractivity contribution is 5.56. The molecule has 0 aliphatic rings. The number of hydrogen-bond acceptors (Lipinski definition) is 4. The quantitative estimate of drug-likeness (QED) is 0.836. The SMILES string of the molecule is CCc1ccc(Oc2cnccc2C#N)c(N)c1. The van der Waals surface area contributed by atoms with Crippen molar-refractivity contribution in [3.05, 3.63) is 47.8 Å². The Morgan fingerprint density at radius 3 is 2.83 bits per heavy atom. The van der Waals surface area contributed by atoms with Gasteiger partial charge >= 0.3 is 0 Å². The highest BCUT2D eigenvalue weighted by atomic mass is 16.5. The monoisotopic (exact) mass is 239 g/mol. The van der Waals surface area contributed by atoms with Gasteiger partial charge in [0, 0.05) is 6.20 Å². The lowest BCUT2D eigenvalue weighted by Crippen LogP contribution is -1.95. The van der Waals surface area contributed by atoms with Crippen molar-refractivity contribution >= 4 is 5.69 Å². The molecule has 0 fully saturated rings. The molecule has 0 saturated carbocycles. The number of hydrogen-bond donors (Lipinski definition) is 1. The number of benzene rings is 1. The van der Waals surface area contributed by atoms with Crippen LogP contribution in [0.5, 0.6) is 11.5 Å². The molecule has 0 radical (unpaired) electrons. The van der Waals surface area contributed by atoms with Crippen molar-refractivity contribution in [2.75, 3.05) is 5.73 Å². The molecule has 0 unspecified atom stereocenters. The van der Waals surface area contributed by atoms with Gasteiger partial charge in [-0.25, -0.2) is 0 Å². The summed E-state index contributed by atoms with van der Waals surface area (Å²) in [4.78, 5) is 3.94. The summed E-state index contributed by atoms with van der Waals surface area (Å²) >= 11 is 0. The second kappa shape index (κ2) is 5.19. The van der Waals surface area contributed by atoms with Gasteiger partial charge in [0.05, 0.1) is 17.4 Å². The maximum atomic E-state index is 8.96. The van der Waals surface area contributed by atoms with Gasteiger partial charge in [0.2, 0.25) is 0 Å². The molecule has 4 nitrogen and oxygen atoms in total. The van der Waals surface area contributed by atoms with Crippen LogP contribution in [0.3, 0.4) is 0 Å². The molecule has 2 N–H and O–H groups in total. The summed E-state index contributed by atoms with van der Waals surface area (Å²) in [6.07, 6.45) is 3.97. The van der Waals surface area contributed by atoms with Crippen LogP contribution in [0.15, 0.2) is 36.7 Å². The number of aryl methyl sites for hydroxylation is 1. The highest BCUT2D eigenvalue weighted by Crippen LogP contribution is 2.29. The molecule has 2 rings (SSSR count). The molecule has 2 aromatic rings. The first-order chi connectivity index (χ1) is 8.74. The summed E-state index contributed by atoms with van der Waals surface area (Å²) in [6, 6.07) is 9.29. The first-order valence-electron chi connectivity index (χ1n) is 5.65. The largest absolute Gasteiger partial charge is 0.452 e. The average Bonchev–Trinajstić information content (AvgIpc) is 2.41. The minimum absolute atomic E-state index is 0.413. The molecule has 0 aliphatic heterocycles. The van der Waals surface area contributed by atoms with Crippen LogP contribution in [0.1, 0.15) is 18.1 Å². The standard InChI is InChI=1S/C14H13N3O/c1-2-10-3-4-13(12(16)7-10)18-14-9-17-6-5-11(14)8-15/h3-7,9H,2,16H2,1H3. The van der Waals surface area contributed by atoms with E-state index in [1.54, 1.807) is 12.3 Å². The lowest BCUT2D eigenvalue weighted by Gasteiger charge is -2.10. The molecule has 1 aromatic carbocycles. The molecule has 1 aromatic heterocycles. The number of ether oxygens (including phenoxy) is 1. The number of rotatable bonds is 3. The van der Waals surface area contributed by atoms with Gasteiger partial charge < -0.3 is 10.5 Å². The van der Waals surface area contributed by atoms with Gasteiger partial charge in [-0.3, -0.25) is 4.98 Å². The molecule has 0 spiro atoms. The van der Waals surface area contributed by atoms with Crippen LogP contribution in [0.2, 0.25) is 0 Å². The molecular weight excluding hydrogens is 226 g/mol. The molecule has 0 bridgehead atoms. The lowest BCUT2D eigenvalue weighted by atomic mass is 10.1. The first-order valence-corrected chi connectivity index (χ1v) is 5.65. The Labute approximate surface area is 106 Å². The third-order valence-corrected chi connectivity index (χ3v) is 2.61. The van der Waals surface area contributed by atoms with Gasteiger partial charge in [-0.05, 0) is 30.2 Å². The predicted octanol–water partition coefficient (Wildman–Crippen LogP) is 2.89. The van der Waals surface area contributed by atoms with E-state index in [1.807, 2.05) is 18.2 Å². The first kappa shape index (κ1) is 11.9. The van der Waals surface area contributed by atoms with E-state index in [-0.39, 0.29) is 0 Å². The van der Waals surface area contributed by atoms with E-state index in [0.29, 0.717) is 22.7 Å². The Morgan fingerprint density at radius 2 is 2.17 bits per heavy atom. The molecule has 0 atom stereocenters. The van der Waals surface area contributed by atoms with Crippen LogP contribution in [0, 0.1) is 11.3 Å². The normalized spacial score (nSPS) is 9.78. The van der Waals surface area contributed by atoms with Gasteiger partial charge in [-0.15, -0.1) is 0 Å². The van der Waals surface area contributed by atoms with Crippen LogP contribution < -0.4 is 10.5 Å². The Hall–Kier alpha value is -2.54.